The Balaban J connectivity index is 2.68. The Morgan fingerprint density at radius 2 is 2.12 bits per heavy atom. The van der Waals surface area contributed by atoms with Gasteiger partial charge in [0.1, 0.15) is 11.6 Å². The minimum absolute atomic E-state index is 0.00872. The summed E-state index contributed by atoms with van der Waals surface area (Å²) in [6, 6.07) is 1.94. The van der Waals surface area contributed by atoms with E-state index in [-0.39, 0.29) is 6.04 Å². The van der Waals surface area contributed by atoms with E-state index in [1.54, 1.807) is 7.11 Å². The molecule has 0 aliphatic carbocycles. The highest BCUT2D eigenvalue weighted by Gasteiger charge is 2.09. The van der Waals surface area contributed by atoms with Crippen LogP contribution in [0.5, 0.6) is 0 Å². The first kappa shape index (κ1) is 12.9. The summed E-state index contributed by atoms with van der Waals surface area (Å²) in [6.45, 7) is 5.11. The molecule has 0 aliphatic rings. The zero-order chi connectivity index (χ0) is 12.1. The van der Waals surface area contributed by atoms with Crippen molar-refractivity contribution in [1.82, 2.24) is 9.97 Å². The molecule has 0 saturated heterocycles. The molecule has 0 aromatic carbocycles. The minimum atomic E-state index is -0.00872. The molecule has 2 N–H and O–H groups in total. The average molecular weight is 224 g/mol. The molecule has 1 atom stereocenters. The molecule has 0 aliphatic heterocycles. The Hall–Kier alpha value is -1.20. The van der Waals surface area contributed by atoms with Gasteiger partial charge in [0, 0.05) is 38.5 Å². The summed E-state index contributed by atoms with van der Waals surface area (Å²) in [5.41, 5.74) is 6.86. The van der Waals surface area contributed by atoms with Gasteiger partial charge in [0.25, 0.3) is 0 Å². The van der Waals surface area contributed by atoms with Crippen LogP contribution in [0.1, 0.15) is 11.5 Å². The van der Waals surface area contributed by atoms with Crippen LogP contribution in [0.15, 0.2) is 6.07 Å². The number of hydrogen-bond acceptors (Lipinski definition) is 5. The third-order valence-electron chi connectivity index (χ3n) is 2.23. The third-order valence-corrected chi connectivity index (χ3v) is 2.23. The maximum absolute atomic E-state index is 5.89. The van der Waals surface area contributed by atoms with Gasteiger partial charge >= 0.3 is 0 Å². The van der Waals surface area contributed by atoms with Gasteiger partial charge in [-0.15, -0.1) is 0 Å². The van der Waals surface area contributed by atoms with Gasteiger partial charge in [0.2, 0.25) is 0 Å². The Morgan fingerprint density at radius 1 is 1.44 bits per heavy atom. The largest absolute Gasteiger partial charge is 0.383 e. The monoisotopic (exact) mass is 224 g/mol. The normalized spacial score (nSPS) is 12.6. The molecule has 5 heteroatoms. The lowest BCUT2D eigenvalue weighted by Gasteiger charge is -2.22. The molecule has 1 aromatic heterocycles. The van der Waals surface area contributed by atoms with Gasteiger partial charge in [0.05, 0.1) is 6.61 Å². The summed E-state index contributed by atoms with van der Waals surface area (Å²) in [6.07, 6.45) is 0. The van der Waals surface area contributed by atoms with Crippen molar-refractivity contribution in [2.24, 2.45) is 5.73 Å². The van der Waals surface area contributed by atoms with Gasteiger partial charge in [-0.25, -0.2) is 9.97 Å². The topological polar surface area (TPSA) is 64.3 Å². The fourth-order valence-corrected chi connectivity index (χ4v) is 1.61. The first-order chi connectivity index (χ1) is 7.52. The lowest BCUT2D eigenvalue weighted by Crippen LogP contribution is -2.38. The molecule has 0 radical (unpaired) electrons. The van der Waals surface area contributed by atoms with Gasteiger partial charge in [-0.05, 0) is 13.8 Å². The summed E-state index contributed by atoms with van der Waals surface area (Å²) < 4.78 is 5.00. The van der Waals surface area contributed by atoms with E-state index in [4.69, 9.17) is 10.5 Å². The van der Waals surface area contributed by atoms with Gasteiger partial charge in [-0.2, -0.15) is 0 Å². The van der Waals surface area contributed by atoms with Crippen molar-refractivity contribution >= 4 is 5.82 Å². The van der Waals surface area contributed by atoms with Crippen LogP contribution in [0, 0.1) is 13.8 Å². The average Bonchev–Trinajstić information content (AvgIpc) is 2.16. The van der Waals surface area contributed by atoms with Crippen molar-refractivity contribution < 1.29 is 4.74 Å². The van der Waals surface area contributed by atoms with Gasteiger partial charge < -0.3 is 15.4 Å². The van der Waals surface area contributed by atoms with Gasteiger partial charge in [-0.1, -0.05) is 0 Å². The number of ether oxygens (including phenoxy) is 1. The molecule has 0 spiro atoms. The van der Waals surface area contributed by atoms with E-state index in [1.165, 1.54) is 0 Å². The van der Waals surface area contributed by atoms with Crippen molar-refractivity contribution in [3.63, 3.8) is 0 Å². The maximum Gasteiger partial charge on any atom is 0.132 e. The van der Waals surface area contributed by atoms with Crippen LogP contribution in [0.2, 0.25) is 0 Å². The van der Waals surface area contributed by atoms with E-state index in [2.05, 4.69) is 9.97 Å². The fourth-order valence-electron chi connectivity index (χ4n) is 1.61. The second-order valence-electron chi connectivity index (χ2n) is 4.01. The molecule has 5 nitrogen and oxygen atoms in total. The van der Waals surface area contributed by atoms with E-state index >= 15 is 0 Å². The molecular formula is C11H20N4O. The zero-order valence-electron chi connectivity index (χ0n) is 10.4. The molecule has 0 amide bonds. The van der Waals surface area contributed by atoms with E-state index in [0.717, 1.165) is 17.3 Å². The van der Waals surface area contributed by atoms with Crippen molar-refractivity contribution in [2.75, 3.05) is 32.2 Å². The standard InChI is InChI=1S/C11H20N4O/c1-8-5-11(14-9(2)13-8)15(3)6-10(12)7-16-4/h5,10H,6-7,12H2,1-4H3. The summed E-state index contributed by atoms with van der Waals surface area (Å²) in [7, 11) is 3.62. The molecule has 90 valence electrons. The van der Waals surface area contributed by atoms with Crippen molar-refractivity contribution in [3.05, 3.63) is 17.6 Å². The van der Waals surface area contributed by atoms with E-state index < -0.39 is 0 Å². The number of rotatable bonds is 5. The second kappa shape index (κ2) is 5.77. The number of nitrogens with zero attached hydrogens (tertiary/aromatic N) is 3. The maximum atomic E-state index is 5.89. The molecule has 16 heavy (non-hydrogen) atoms. The molecular weight excluding hydrogens is 204 g/mol. The lowest BCUT2D eigenvalue weighted by molar-refractivity contribution is 0.181. The van der Waals surface area contributed by atoms with E-state index in [9.17, 15) is 0 Å². The van der Waals surface area contributed by atoms with Crippen LogP contribution in [0.3, 0.4) is 0 Å². The quantitative estimate of drug-likeness (QED) is 0.789. The molecule has 0 bridgehead atoms. The molecule has 1 rings (SSSR count). The number of aryl methyl sites for hydroxylation is 2. The van der Waals surface area contributed by atoms with Gasteiger partial charge in [0.15, 0.2) is 0 Å². The van der Waals surface area contributed by atoms with Crippen molar-refractivity contribution in [1.29, 1.82) is 0 Å². The predicted molar refractivity (Wildman–Crippen MR) is 64.6 cm³/mol. The number of nitrogens with two attached hydrogens (primary N) is 1. The summed E-state index contributed by atoms with van der Waals surface area (Å²) >= 11 is 0. The lowest BCUT2D eigenvalue weighted by atomic mass is 10.3. The van der Waals surface area contributed by atoms with E-state index in [0.29, 0.717) is 13.2 Å². The molecule has 0 fully saturated rings. The Morgan fingerprint density at radius 3 is 2.69 bits per heavy atom. The van der Waals surface area contributed by atoms with Crippen LogP contribution in [0.25, 0.3) is 0 Å². The SMILES string of the molecule is COCC(N)CN(C)c1cc(C)nc(C)n1. The first-order valence-electron chi connectivity index (χ1n) is 5.31. The zero-order valence-corrected chi connectivity index (χ0v) is 10.4. The molecule has 1 unspecified atom stereocenters. The highest BCUT2D eigenvalue weighted by molar-refractivity contribution is 5.38. The Bertz CT molecular complexity index is 323. The summed E-state index contributed by atoms with van der Waals surface area (Å²) in [5.74, 6) is 1.68. The van der Waals surface area contributed by atoms with Crippen molar-refractivity contribution in [3.8, 4) is 0 Å². The third kappa shape index (κ3) is 3.75. The van der Waals surface area contributed by atoms with Crippen LogP contribution in [0.4, 0.5) is 5.82 Å². The Labute approximate surface area is 96.6 Å². The summed E-state index contributed by atoms with van der Waals surface area (Å²) in [5, 5.41) is 0. The minimum Gasteiger partial charge on any atom is -0.383 e. The number of methoxy groups -OCH3 is 1. The van der Waals surface area contributed by atoms with Crippen molar-refractivity contribution in [2.45, 2.75) is 19.9 Å². The summed E-state index contributed by atoms with van der Waals surface area (Å²) in [4.78, 5) is 10.6. The van der Waals surface area contributed by atoms with Crippen LogP contribution in [-0.2, 0) is 4.74 Å². The first-order valence-corrected chi connectivity index (χ1v) is 5.31. The second-order valence-corrected chi connectivity index (χ2v) is 4.01. The number of anilines is 1. The highest BCUT2D eigenvalue weighted by Crippen LogP contribution is 2.10. The Kier molecular flexibility index (Phi) is 4.64. The van der Waals surface area contributed by atoms with Gasteiger partial charge in [-0.3, -0.25) is 0 Å². The number of likely N-dealkylation sites (N-methyl/N-ethyl adjacent to an activating group) is 1. The van der Waals surface area contributed by atoms with Crippen LogP contribution in [-0.4, -0.2) is 43.3 Å². The highest BCUT2D eigenvalue weighted by atomic mass is 16.5. The van der Waals surface area contributed by atoms with E-state index in [1.807, 2.05) is 31.9 Å². The van der Waals surface area contributed by atoms with Crippen LogP contribution >= 0.6 is 0 Å². The van der Waals surface area contributed by atoms with Crippen LogP contribution < -0.4 is 10.6 Å². The molecule has 1 heterocycles. The molecule has 1 aromatic rings. The smallest absolute Gasteiger partial charge is 0.132 e. The molecule has 0 saturated carbocycles. The predicted octanol–water partition coefficient (Wildman–Crippen LogP) is 0.503. The fraction of sp³-hybridized carbons (Fsp3) is 0.636. The number of hydrogen-bond donors (Lipinski definition) is 1. The number of aromatic nitrogens is 2.